The molecule has 1 aromatic carbocycles. The molecule has 5 nitrogen and oxygen atoms in total. The molecule has 0 bridgehead atoms. The van der Waals surface area contributed by atoms with Gasteiger partial charge in [-0.1, -0.05) is 12.1 Å². The summed E-state index contributed by atoms with van der Waals surface area (Å²) < 4.78 is 0. The summed E-state index contributed by atoms with van der Waals surface area (Å²) in [5.74, 6) is 0.359. The van der Waals surface area contributed by atoms with Crippen molar-refractivity contribution in [2.24, 2.45) is 0 Å². The number of carbonyl (C=O) groups excluding carboxylic acids is 1. The van der Waals surface area contributed by atoms with Crippen molar-refractivity contribution in [3.05, 3.63) is 42.2 Å². The Morgan fingerprint density at radius 1 is 1.32 bits per heavy atom. The second-order valence-electron chi connectivity index (χ2n) is 3.91. The molecule has 0 atom stereocenters. The lowest BCUT2D eigenvalue weighted by atomic mass is 10.1. The van der Waals surface area contributed by atoms with Crippen molar-refractivity contribution in [2.45, 2.75) is 6.92 Å². The molecule has 2 aromatic rings. The first-order valence-electron chi connectivity index (χ1n) is 6.09. The average molecular weight is 279 g/mol. The topological polar surface area (TPSA) is 51.0 Å². The molecule has 19 heavy (non-hydrogen) atoms. The quantitative estimate of drug-likeness (QED) is 0.786. The van der Waals surface area contributed by atoms with Crippen LogP contribution in [0, 0.1) is 0 Å². The van der Waals surface area contributed by atoms with E-state index in [-0.39, 0.29) is 5.91 Å². The van der Waals surface area contributed by atoms with E-state index in [0.717, 1.165) is 0 Å². The lowest BCUT2D eigenvalue weighted by molar-refractivity contribution is 0.0773. The number of hydrogen-bond donors (Lipinski definition) is 0. The Hall–Kier alpha value is -1.88. The Bertz CT molecular complexity index is 541. The molecule has 0 saturated carbocycles. The van der Waals surface area contributed by atoms with Gasteiger partial charge < -0.3 is 4.90 Å². The Labute approximate surface area is 116 Å². The van der Waals surface area contributed by atoms with Crippen molar-refractivity contribution in [2.75, 3.05) is 19.0 Å². The highest BCUT2D eigenvalue weighted by atomic mass is 35.5. The Kier molecular flexibility index (Phi) is 4.52. The van der Waals surface area contributed by atoms with Gasteiger partial charge in [-0.05, 0) is 19.1 Å². The van der Waals surface area contributed by atoms with E-state index in [9.17, 15) is 4.79 Å². The number of rotatable bonds is 5. The van der Waals surface area contributed by atoms with Crippen molar-refractivity contribution in [3.63, 3.8) is 0 Å². The molecule has 2 rings (SSSR count). The van der Waals surface area contributed by atoms with Crippen LogP contribution in [-0.2, 0) is 0 Å². The summed E-state index contributed by atoms with van der Waals surface area (Å²) in [5, 5.41) is 8.14. The number of carbonyl (C=O) groups is 1. The molecule has 0 spiro atoms. The summed E-state index contributed by atoms with van der Waals surface area (Å²) in [6.45, 7) is 3.07. The number of para-hydroxylation sites is 1. The fourth-order valence-electron chi connectivity index (χ4n) is 1.84. The van der Waals surface area contributed by atoms with Gasteiger partial charge in [0.2, 0.25) is 0 Å². The Morgan fingerprint density at radius 2 is 2.00 bits per heavy atom. The summed E-state index contributed by atoms with van der Waals surface area (Å²) in [7, 11) is 0. The summed E-state index contributed by atoms with van der Waals surface area (Å²) in [5.41, 5.74) is 1.25. The van der Waals surface area contributed by atoms with E-state index in [2.05, 4.69) is 10.2 Å². The Balaban J connectivity index is 2.37. The van der Waals surface area contributed by atoms with Gasteiger partial charge in [0.15, 0.2) is 0 Å². The number of nitrogens with zero attached hydrogens (tertiary/aromatic N) is 4. The minimum Gasteiger partial charge on any atom is -0.338 e. The number of halogens is 1. The Morgan fingerprint density at radius 3 is 2.63 bits per heavy atom. The smallest absolute Gasteiger partial charge is 0.256 e. The van der Waals surface area contributed by atoms with Gasteiger partial charge in [0, 0.05) is 19.0 Å². The second-order valence-corrected chi connectivity index (χ2v) is 4.29. The minimum atomic E-state index is -0.0592. The van der Waals surface area contributed by atoms with E-state index in [1.165, 1.54) is 4.80 Å². The number of aromatic nitrogens is 3. The third-order valence-corrected chi connectivity index (χ3v) is 2.96. The molecule has 0 aliphatic heterocycles. The van der Waals surface area contributed by atoms with Crippen LogP contribution in [0.4, 0.5) is 0 Å². The molecule has 1 heterocycles. The maximum atomic E-state index is 12.5. The van der Waals surface area contributed by atoms with E-state index >= 15 is 0 Å². The van der Waals surface area contributed by atoms with Crippen molar-refractivity contribution in [1.29, 1.82) is 0 Å². The van der Waals surface area contributed by atoms with Gasteiger partial charge in [0.25, 0.3) is 5.91 Å². The van der Waals surface area contributed by atoms with Crippen LogP contribution in [0.1, 0.15) is 17.3 Å². The first kappa shape index (κ1) is 13.5. The predicted octanol–water partition coefficient (Wildman–Crippen LogP) is 1.97. The maximum Gasteiger partial charge on any atom is 0.256 e. The van der Waals surface area contributed by atoms with Crippen LogP contribution >= 0.6 is 11.6 Å². The fourth-order valence-corrected chi connectivity index (χ4v) is 2.05. The zero-order valence-corrected chi connectivity index (χ0v) is 11.4. The molecule has 0 aliphatic carbocycles. The number of amides is 1. The summed E-state index contributed by atoms with van der Waals surface area (Å²) in [4.78, 5) is 15.6. The molecule has 0 aliphatic rings. The van der Waals surface area contributed by atoms with E-state index < -0.39 is 0 Å². The van der Waals surface area contributed by atoms with Gasteiger partial charge in [-0.3, -0.25) is 4.79 Å². The molecular weight excluding hydrogens is 264 g/mol. The molecule has 0 unspecified atom stereocenters. The summed E-state index contributed by atoms with van der Waals surface area (Å²) >= 11 is 5.72. The van der Waals surface area contributed by atoms with Crippen LogP contribution in [0.3, 0.4) is 0 Å². The molecule has 100 valence electrons. The molecule has 0 fully saturated rings. The number of benzene rings is 1. The highest BCUT2D eigenvalue weighted by molar-refractivity contribution is 6.18. The molecule has 0 radical (unpaired) electrons. The summed E-state index contributed by atoms with van der Waals surface area (Å²) in [6, 6.07) is 7.28. The second kappa shape index (κ2) is 6.33. The normalized spacial score (nSPS) is 10.4. The van der Waals surface area contributed by atoms with E-state index in [0.29, 0.717) is 30.2 Å². The maximum absolute atomic E-state index is 12.5. The van der Waals surface area contributed by atoms with Gasteiger partial charge in [-0.25, -0.2) is 0 Å². The molecule has 1 amide bonds. The molecule has 6 heteroatoms. The van der Waals surface area contributed by atoms with Gasteiger partial charge in [0.1, 0.15) is 0 Å². The van der Waals surface area contributed by atoms with Crippen LogP contribution in [0.5, 0.6) is 0 Å². The van der Waals surface area contributed by atoms with E-state index in [1.807, 2.05) is 25.1 Å². The number of hydrogen-bond acceptors (Lipinski definition) is 3. The first-order valence-corrected chi connectivity index (χ1v) is 6.62. The van der Waals surface area contributed by atoms with Gasteiger partial charge in [-0.2, -0.15) is 15.0 Å². The van der Waals surface area contributed by atoms with Crippen LogP contribution in [-0.4, -0.2) is 44.8 Å². The van der Waals surface area contributed by atoms with Crippen LogP contribution < -0.4 is 0 Å². The van der Waals surface area contributed by atoms with Crippen LogP contribution in [0.15, 0.2) is 36.7 Å². The lowest BCUT2D eigenvalue weighted by Gasteiger charge is -2.20. The van der Waals surface area contributed by atoms with E-state index in [4.69, 9.17) is 11.6 Å². The first-order chi connectivity index (χ1) is 9.27. The highest BCUT2D eigenvalue weighted by Crippen LogP contribution is 2.15. The van der Waals surface area contributed by atoms with Crippen molar-refractivity contribution in [3.8, 4) is 5.69 Å². The number of alkyl halides is 1. The highest BCUT2D eigenvalue weighted by Gasteiger charge is 2.18. The van der Waals surface area contributed by atoms with Crippen LogP contribution in [0.25, 0.3) is 5.69 Å². The van der Waals surface area contributed by atoms with Crippen molar-refractivity contribution < 1.29 is 4.79 Å². The molecule has 0 saturated heterocycles. The zero-order chi connectivity index (χ0) is 13.7. The van der Waals surface area contributed by atoms with Gasteiger partial charge in [0.05, 0.1) is 23.6 Å². The van der Waals surface area contributed by atoms with Crippen molar-refractivity contribution in [1.82, 2.24) is 19.9 Å². The van der Waals surface area contributed by atoms with Gasteiger partial charge >= 0.3 is 0 Å². The lowest BCUT2D eigenvalue weighted by Crippen LogP contribution is -2.33. The average Bonchev–Trinajstić information content (AvgIpc) is 2.98. The monoisotopic (exact) mass is 278 g/mol. The minimum absolute atomic E-state index is 0.0592. The molecule has 0 N–H and O–H groups in total. The standard InChI is InChI=1S/C13H15ClN4O/c1-2-17(10-7-14)13(19)11-5-3-4-6-12(11)18-15-8-9-16-18/h3-6,8-9H,2,7,10H2,1H3. The largest absolute Gasteiger partial charge is 0.338 e. The van der Waals surface area contributed by atoms with E-state index in [1.54, 1.807) is 23.4 Å². The summed E-state index contributed by atoms with van der Waals surface area (Å²) in [6.07, 6.45) is 3.16. The third-order valence-electron chi connectivity index (χ3n) is 2.79. The predicted molar refractivity (Wildman–Crippen MR) is 73.7 cm³/mol. The SMILES string of the molecule is CCN(CCCl)C(=O)c1ccccc1-n1nccn1. The molecular formula is C13H15ClN4O. The van der Waals surface area contributed by atoms with Gasteiger partial charge in [-0.15, -0.1) is 11.6 Å². The third kappa shape index (κ3) is 2.93. The van der Waals surface area contributed by atoms with Crippen molar-refractivity contribution >= 4 is 17.5 Å². The molecule has 1 aromatic heterocycles. The zero-order valence-electron chi connectivity index (χ0n) is 10.7. The van der Waals surface area contributed by atoms with Crippen LogP contribution in [0.2, 0.25) is 0 Å². The fraction of sp³-hybridized carbons (Fsp3) is 0.308.